The maximum Gasteiger partial charge on any atom is 0.356 e. The van der Waals surface area contributed by atoms with Crippen molar-refractivity contribution in [3.8, 4) is 28.4 Å². The molecule has 1 N–H and O–H groups in total. The lowest BCUT2D eigenvalue weighted by Crippen LogP contribution is -2.08. The molecule has 0 saturated heterocycles. The van der Waals surface area contributed by atoms with Crippen LogP contribution in [0.4, 0.5) is 0 Å². The smallest absolute Gasteiger partial charge is 0.356 e. The second-order valence-electron chi connectivity index (χ2n) is 6.98. The molecule has 0 bridgehead atoms. The van der Waals surface area contributed by atoms with E-state index < -0.39 is 15.0 Å². The van der Waals surface area contributed by atoms with E-state index in [1.54, 1.807) is 24.3 Å². The molecule has 164 valence electrons. The van der Waals surface area contributed by atoms with Crippen LogP contribution in [0.3, 0.4) is 0 Å². The standard InChI is InChI=1S/C21H21ClN2O6S/c1-12(2)14-10-13(31(22,27)28)8-9-16(14)24-17(11-15(23-24)21(25)26)20-18(29-3)6-5-7-19(20)30-4/h5-12H,1-4H3,(H,25,26). The predicted octanol–water partition coefficient (Wildman–Crippen LogP) is 4.31. The number of carboxylic acids is 1. The molecule has 0 fully saturated rings. The van der Waals surface area contributed by atoms with E-state index in [1.807, 2.05) is 13.8 Å². The van der Waals surface area contributed by atoms with Crippen molar-refractivity contribution in [1.29, 1.82) is 0 Å². The van der Waals surface area contributed by atoms with Crippen LogP contribution in [0.1, 0.15) is 35.8 Å². The maximum atomic E-state index is 11.8. The number of halogens is 1. The van der Waals surface area contributed by atoms with E-state index in [1.165, 1.54) is 37.1 Å². The summed E-state index contributed by atoms with van der Waals surface area (Å²) in [5, 5.41) is 13.8. The number of nitrogens with zero attached hydrogens (tertiary/aromatic N) is 2. The highest BCUT2D eigenvalue weighted by Gasteiger charge is 2.24. The molecular formula is C21H21ClN2O6S. The summed E-state index contributed by atoms with van der Waals surface area (Å²) in [4.78, 5) is 11.7. The first-order valence-electron chi connectivity index (χ1n) is 9.22. The number of carbonyl (C=O) groups is 1. The number of benzene rings is 2. The van der Waals surface area contributed by atoms with Gasteiger partial charge < -0.3 is 14.6 Å². The normalized spacial score (nSPS) is 11.5. The van der Waals surface area contributed by atoms with Crippen molar-refractivity contribution in [2.45, 2.75) is 24.7 Å². The molecule has 0 radical (unpaired) electrons. The van der Waals surface area contributed by atoms with Gasteiger partial charge >= 0.3 is 5.97 Å². The molecule has 2 aromatic carbocycles. The molecule has 0 atom stereocenters. The molecule has 3 aromatic rings. The van der Waals surface area contributed by atoms with Gasteiger partial charge in [-0.2, -0.15) is 5.10 Å². The van der Waals surface area contributed by atoms with Crippen LogP contribution in [0.15, 0.2) is 47.4 Å². The van der Waals surface area contributed by atoms with Crippen molar-refractivity contribution in [3.63, 3.8) is 0 Å². The fourth-order valence-electron chi connectivity index (χ4n) is 3.29. The highest BCUT2D eigenvalue weighted by Crippen LogP contribution is 2.40. The molecule has 0 aliphatic heterocycles. The van der Waals surface area contributed by atoms with E-state index >= 15 is 0 Å². The zero-order chi connectivity index (χ0) is 22.9. The number of hydrogen-bond acceptors (Lipinski definition) is 6. The van der Waals surface area contributed by atoms with E-state index in [9.17, 15) is 18.3 Å². The Morgan fingerprint density at radius 3 is 2.19 bits per heavy atom. The van der Waals surface area contributed by atoms with Gasteiger partial charge in [0.2, 0.25) is 0 Å². The van der Waals surface area contributed by atoms with Crippen molar-refractivity contribution in [2.75, 3.05) is 14.2 Å². The number of rotatable bonds is 7. The minimum absolute atomic E-state index is 0.0522. The van der Waals surface area contributed by atoms with Crippen LogP contribution in [0, 0.1) is 0 Å². The Morgan fingerprint density at radius 1 is 1.10 bits per heavy atom. The lowest BCUT2D eigenvalue weighted by molar-refractivity contribution is 0.0690. The number of ether oxygens (including phenoxy) is 2. The topological polar surface area (TPSA) is 108 Å². The Balaban J connectivity index is 2.39. The van der Waals surface area contributed by atoms with Gasteiger partial charge in [0, 0.05) is 10.7 Å². The van der Waals surface area contributed by atoms with Gasteiger partial charge in [-0.3, -0.25) is 0 Å². The predicted molar refractivity (Wildman–Crippen MR) is 116 cm³/mol. The van der Waals surface area contributed by atoms with Gasteiger partial charge in [-0.05, 0) is 47.9 Å². The maximum absolute atomic E-state index is 11.8. The third-order valence-electron chi connectivity index (χ3n) is 4.74. The number of hydrogen-bond donors (Lipinski definition) is 1. The van der Waals surface area contributed by atoms with E-state index in [2.05, 4.69) is 5.10 Å². The largest absolute Gasteiger partial charge is 0.496 e. The Bertz CT molecular complexity index is 1230. The quantitative estimate of drug-likeness (QED) is 0.519. The van der Waals surface area contributed by atoms with Gasteiger partial charge in [-0.25, -0.2) is 17.9 Å². The second kappa shape index (κ2) is 8.60. The Kier molecular flexibility index (Phi) is 6.28. The number of aromatic nitrogens is 2. The molecule has 0 aliphatic carbocycles. The first-order valence-corrected chi connectivity index (χ1v) is 11.5. The van der Waals surface area contributed by atoms with Gasteiger partial charge in [-0.15, -0.1) is 0 Å². The first kappa shape index (κ1) is 22.6. The van der Waals surface area contributed by atoms with Crippen molar-refractivity contribution in [1.82, 2.24) is 9.78 Å². The summed E-state index contributed by atoms with van der Waals surface area (Å²) < 4.78 is 36.1. The molecule has 0 saturated carbocycles. The Labute approximate surface area is 184 Å². The zero-order valence-corrected chi connectivity index (χ0v) is 18.9. The molecular weight excluding hydrogens is 444 g/mol. The molecule has 0 amide bonds. The third kappa shape index (κ3) is 4.38. The van der Waals surface area contributed by atoms with Gasteiger partial charge in [0.1, 0.15) is 11.5 Å². The summed E-state index contributed by atoms with van der Waals surface area (Å²) in [5.41, 5.74) is 1.87. The zero-order valence-electron chi connectivity index (χ0n) is 17.3. The average Bonchev–Trinajstić information content (AvgIpc) is 3.17. The van der Waals surface area contributed by atoms with Crippen molar-refractivity contribution in [2.24, 2.45) is 0 Å². The molecule has 1 aromatic heterocycles. The summed E-state index contributed by atoms with van der Waals surface area (Å²) in [5.74, 6) is -0.398. The fourth-order valence-corrected chi connectivity index (χ4v) is 4.08. The third-order valence-corrected chi connectivity index (χ3v) is 6.09. The molecule has 0 aliphatic rings. The highest BCUT2D eigenvalue weighted by atomic mass is 35.7. The average molecular weight is 465 g/mol. The molecule has 3 rings (SSSR count). The molecule has 1 heterocycles. The summed E-state index contributed by atoms with van der Waals surface area (Å²) >= 11 is 0. The molecule has 10 heteroatoms. The Hall–Kier alpha value is -3.04. The van der Waals surface area contributed by atoms with Crippen LogP contribution < -0.4 is 9.47 Å². The van der Waals surface area contributed by atoms with Gasteiger partial charge in [0.05, 0.1) is 36.1 Å². The van der Waals surface area contributed by atoms with Crippen LogP contribution in [-0.2, 0) is 9.05 Å². The minimum Gasteiger partial charge on any atom is -0.496 e. The van der Waals surface area contributed by atoms with E-state index in [0.717, 1.165) is 0 Å². The summed E-state index contributed by atoms with van der Waals surface area (Å²) in [6.45, 7) is 3.77. The van der Waals surface area contributed by atoms with Gasteiger partial charge in [0.25, 0.3) is 9.05 Å². The monoisotopic (exact) mass is 464 g/mol. The summed E-state index contributed by atoms with van der Waals surface area (Å²) in [6, 6.07) is 11.0. The highest BCUT2D eigenvalue weighted by molar-refractivity contribution is 8.13. The SMILES string of the molecule is COc1cccc(OC)c1-c1cc(C(=O)O)nn1-c1ccc(S(=O)(=O)Cl)cc1C(C)C. The lowest BCUT2D eigenvalue weighted by Gasteiger charge is -2.18. The summed E-state index contributed by atoms with van der Waals surface area (Å²) in [7, 11) is 4.58. The van der Waals surface area contributed by atoms with Crippen molar-refractivity contribution >= 4 is 25.7 Å². The summed E-state index contributed by atoms with van der Waals surface area (Å²) in [6.07, 6.45) is 0. The van der Waals surface area contributed by atoms with Gasteiger partial charge in [0.15, 0.2) is 5.69 Å². The van der Waals surface area contributed by atoms with E-state index in [4.69, 9.17) is 20.2 Å². The Morgan fingerprint density at radius 2 is 1.71 bits per heavy atom. The van der Waals surface area contributed by atoms with Gasteiger partial charge in [-0.1, -0.05) is 19.9 Å². The van der Waals surface area contributed by atoms with Crippen LogP contribution in [0.25, 0.3) is 16.9 Å². The number of aromatic carboxylic acids is 1. The van der Waals surface area contributed by atoms with Crippen LogP contribution in [0.2, 0.25) is 0 Å². The molecule has 8 nitrogen and oxygen atoms in total. The molecule has 31 heavy (non-hydrogen) atoms. The van der Waals surface area contributed by atoms with E-state index in [0.29, 0.717) is 34.0 Å². The molecule has 0 unspecified atom stereocenters. The van der Waals surface area contributed by atoms with Crippen LogP contribution in [-0.4, -0.2) is 43.5 Å². The first-order chi connectivity index (χ1) is 14.6. The van der Waals surface area contributed by atoms with Crippen molar-refractivity contribution < 1.29 is 27.8 Å². The van der Waals surface area contributed by atoms with Crippen molar-refractivity contribution in [3.05, 3.63) is 53.7 Å². The molecule has 0 spiro atoms. The lowest BCUT2D eigenvalue weighted by atomic mass is 10.0. The fraction of sp³-hybridized carbons (Fsp3) is 0.238. The number of methoxy groups -OCH3 is 2. The number of carboxylic acid groups (broad SMARTS) is 1. The van der Waals surface area contributed by atoms with Crippen LogP contribution in [0.5, 0.6) is 11.5 Å². The van der Waals surface area contributed by atoms with Crippen LogP contribution >= 0.6 is 10.7 Å². The minimum atomic E-state index is -3.94. The van der Waals surface area contributed by atoms with E-state index in [-0.39, 0.29) is 16.5 Å². The second-order valence-corrected chi connectivity index (χ2v) is 9.55.